The molecule has 1 unspecified atom stereocenters. The molecule has 106 valence electrons. The Hall–Kier alpha value is -1.33. The second kappa shape index (κ2) is 5.97. The molecule has 1 N–H and O–H groups in total. The fourth-order valence-electron chi connectivity index (χ4n) is 2.02. The maximum absolute atomic E-state index is 5.29. The van der Waals surface area contributed by atoms with E-state index in [-0.39, 0.29) is 0 Å². The average molecular weight is 289 g/mol. The highest BCUT2D eigenvalue weighted by molar-refractivity contribution is 7.98. The maximum atomic E-state index is 5.29. The minimum absolute atomic E-state index is 0.362. The number of nitrogens with zero attached hydrogens (tertiary/aromatic N) is 2. The third-order valence-electron chi connectivity index (χ3n) is 3.58. The number of hydrogen-bond donors (Lipinski definition) is 1. The van der Waals surface area contributed by atoms with Gasteiger partial charge in [0, 0.05) is 16.9 Å². The standard InChI is InChI=1S/C15H19N3OS/c1-10(16-2)12-4-3-5-13(8-12)20-9-14-17-15(18-19-14)11-6-7-11/h3-5,8,10-11,16H,6-7,9H2,1-2H3. The predicted octanol–water partition coefficient (Wildman–Crippen LogP) is 3.52. The largest absolute Gasteiger partial charge is 0.338 e. The second-order valence-corrected chi connectivity index (χ2v) is 6.24. The summed E-state index contributed by atoms with van der Waals surface area (Å²) in [5.74, 6) is 2.90. The van der Waals surface area contributed by atoms with Crippen LogP contribution < -0.4 is 5.32 Å². The minimum Gasteiger partial charge on any atom is -0.338 e. The summed E-state index contributed by atoms with van der Waals surface area (Å²) in [5, 5.41) is 7.29. The van der Waals surface area contributed by atoms with Crippen LogP contribution in [0.5, 0.6) is 0 Å². The van der Waals surface area contributed by atoms with Crippen molar-refractivity contribution in [1.82, 2.24) is 15.5 Å². The van der Waals surface area contributed by atoms with Gasteiger partial charge >= 0.3 is 0 Å². The second-order valence-electron chi connectivity index (χ2n) is 5.19. The van der Waals surface area contributed by atoms with Gasteiger partial charge in [-0.05, 0) is 44.5 Å². The molecule has 4 nitrogen and oxygen atoms in total. The summed E-state index contributed by atoms with van der Waals surface area (Å²) in [6, 6.07) is 8.93. The third-order valence-corrected chi connectivity index (χ3v) is 4.56. The van der Waals surface area contributed by atoms with E-state index < -0.39 is 0 Å². The highest BCUT2D eigenvalue weighted by Gasteiger charge is 2.28. The smallest absolute Gasteiger partial charge is 0.237 e. The normalized spacial score (nSPS) is 16.3. The van der Waals surface area contributed by atoms with Gasteiger partial charge < -0.3 is 9.84 Å². The van der Waals surface area contributed by atoms with Crippen molar-refractivity contribution in [2.75, 3.05) is 7.05 Å². The Balaban J connectivity index is 1.62. The molecule has 3 rings (SSSR count). The Morgan fingerprint density at radius 1 is 1.45 bits per heavy atom. The topological polar surface area (TPSA) is 51.0 Å². The van der Waals surface area contributed by atoms with Gasteiger partial charge in [-0.1, -0.05) is 17.3 Å². The Labute approximate surface area is 123 Å². The fourth-order valence-corrected chi connectivity index (χ4v) is 2.82. The van der Waals surface area contributed by atoms with Gasteiger partial charge in [-0.2, -0.15) is 4.98 Å². The molecule has 1 aromatic carbocycles. The van der Waals surface area contributed by atoms with Gasteiger partial charge in [-0.3, -0.25) is 0 Å². The molecule has 1 atom stereocenters. The summed E-state index contributed by atoms with van der Waals surface area (Å²) in [6.45, 7) is 2.16. The number of benzene rings is 1. The van der Waals surface area contributed by atoms with Gasteiger partial charge in [0.15, 0.2) is 5.82 Å². The van der Waals surface area contributed by atoms with Gasteiger partial charge in [0.1, 0.15) is 0 Å². The number of thioether (sulfide) groups is 1. The molecule has 5 heteroatoms. The number of rotatable bonds is 6. The molecule has 0 saturated heterocycles. The van der Waals surface area contributed by atoms with E-state index in [1.165, 1.54) is 23.3 Å². The maximum Gasteiger partial charge on any atom is 0.237 e. The Kier molecular flexibility index (Phi) is 4.08. The molecule has 1 heterocycles. The summed E-state index contributed by atoms with van der Waals surface area (Å²) in [5.41, 5.74) is 1.29. The van der Waals surface area contributed by atoms with Crippen LogP contribution in [0.3, 0.4) is 0 Å². The quantitative estimate of drug-likeness (QED) is 0.825. The Morgan fingerprint density at radius 2 is 2.30 bits per heavy atom. The van der Waals surface area contributed by atoms with Gasteiger partial charge in [-0.15, -0.1) is 11.8 Å². The van der Waals surface area contributed by atoms with E-state index in [9.17, 15) is 0 Å². The first-order valence-electron chi connectivity index (χ1n) is 6.99. The third kappa shape index (κ3) is 3.22. The number of nitrogens with one attached hydrogen (secondary N) is 1. The molecule has 1 aliphatic carbocycles. The van der Waals surface area contributed by atoms with Crippen LogP contribution in [0.4, 0.5) is 0 Å². The molecule has 1 aromatic heterocycles. The lowest BCUT2D eigenvalue weighted by Gasteiger charge is -2.11. The van der Waals surface area contributed by atoms with Crippen LogP contribution in [-0.4, -0.2) is 17.2 Å². The number of hydrogen-bond acceptors (Lipinski definition) is 5. The first kappa shape index (κ1) is 13.6. The summed E-state index contributed by atoms with van der Waals surface area (Å²) < 4.78 is 5.29. The Morgan fingerprint density at radius 3 is 3.05 bits per heavy atom. The summed E-state index contributed by atoms with van der Waals surface area (Å²) >= 11 is 1.74. The highest BCUT2D eigenvalue weighted by atomic mass is 32.2. The lowest BCUT2D eigenvalue weighted by Crippen LogP contribution is -2.11. The van der Waals surface area contributed by atoms with Gasteiger partial charge in [0.05, 0.1) is 5.75 Å². The molecule has 0 radical (unpaired) electrons. The summed E-state index contributed by atoms with van der Waals surface area (Å²) in [6.07, 6.45) is 2.41. The molecule has 0 bridgehead atoms. The van der Waals surface area contributed by atoms with E-state index in [0.717, 1.165) is 17.5 Å². The lowest BCUT2D eigenvalue weighted by molar-refractivity contribution is 0.385. The van der Waals surface area contributed by atoms with Crippen molar-refractivity contribution in [2.45, 2.75) is 42.4 Å². The molecule has 20 heavy (non-hydrogen) atoms. The van der Waals surface area contributed by atoms with E-state index in [0.29, 0.717) is 12.0 Å². The van der Waals surface area contributed by atoms with Crippen LogP contribution in [0.1, 0.15) is 49.0 Å². The van der Waals surface area contributed by atoms with Crippen LogP contribution in [0.2, 0.25) is 0 Å². The van der Waals surface area contributed by atoms with Crippen LogP contribution in [-0.2, 0) is 5.75 Å². The summed E-state index contributed by atoms with van der Waals surface area (Å²) in [4.78, 5) is 5.68. The monoisotopic (exact) mass is 289 g/mol. The zero-order valence-electron chi connectivity index (χ0n) is 11.8. The van der Waals surface area contributed by atoms with E-state index >= 15 is 0 Å². The number of aromatic nitrogens is 2. The fraction of sp³-hybridized carbons (Fsp3) is 0.467. The van der Waals surface area contributed by atoms with Gasteiger partial charge in [0.2, 0.25) is 5.89 Å². The van der Waals surface area contributed by atoms with Crippen molar-refractivity contribution in [1.29, 1.82) is 0 Å². The van der Waals surface area contributed by atoms with Crippen molar-refractivity contribution in [3.8, 4) is 0 Å². The van der Waals surface area contributed by atoms with E-state index in [1.807, 2.05) is 7.05 Å². The van der Waals surface area contributed by atoms with E-state index in [1.54, 1.807) is 11.8 Å². The van der Waals surface area contributed by atoms with Crippen LogP contribution in [0.25, 0.3) is 0 Å². The van der Waals surface area contributed by atoms with Crippen molar-refractivity contribution >= 4 is 11.8 Å². The predicted molar refractivity (Wildman–Crippen MR) is 79.8 cm³/mol. The molecule has 1 saturated carbocycles. The molecular formula is C15H19N3OS. The van der Waals surface area contributed by atoms with Gasteiger partial charge in [0.25, 0.3) is 0 Å². The SMILES string of the molecule is CNC(C)c1cccc(SCc2nc(C3CC3)no2)c1. The van der Waals surface area contributed by atoms with Crippen LogP contribution in [0.15, 0.2) is 33.7 Å². The molecular weight excluding hydrogens is 270 g/mol. The highest BCUT2D eigenvalue weighted by Crippen LogP contribution is 2.38. The van der Waals surface area contributed by atoms with E-state index in [4.69, 9.17) is 4.52 Å². The minimum atomic E-state index is 0.362. The molecule has 2 aromatic rings. The lowest BCUT2D eigenvalue weighted by atomic mass is 10.1. The van der Waals surface area contributed by atoms with E-state index in [2.05, 4.69) is 46.6 Å². The molecule has 0 aliphatic heterocycles. The van der Waals surface area contributed by atoms with Crippen LogP contribution >= 0.6 is 11.8 Å². The summed E-state index contributed by atoms with van der Waals surface area (Å²) in [7, 11) is 1.97. The van der Waals surface area contributed by atoms with Crippen molar-refractivity contribution < 1.29 is 4.52 Å². The zero-order chi connectivity index (χ0) is 13.9. The molecule has 1 aliphatic rings. The van der Waals surface area contributed by atoms with Crippen molar-refractivity contribution in [2.24, 2.45) is 0 Å². The Bertz CT molecular complexity index is 580. The van der Waals surface area contributed by atoms with Gasteiger partial charge in [-0.25, -0.2) is 0 Å². The molecule has 0 spiro atoms. The van der Waals surface area contributed by atoms with Crippen LogP contribution in [0, 0.1) is 0 Å². The van der Waals surface area contributed by atoms with Crippen molar-refractivity contribution in [3.63, 3.8) is 0 Å². The zero-order valence-corrected chi connectivity index (χ0v) is 12.6. The molecule has 1 fully saturated rings. The molecule has 0 amide bonds. The average Bonchev–Trinajstić information content (AvgIpc) is 3.23. The first-order chi connectivity index (χ1) is 9.76. The first-order valence-corrected chi connectivity index (χ1v) is 7.97. The van der Waals surface area contributed by atoms with Crippen molar-refractivity contribution in [3.05, 3.63) is 41.5 Å².